The number of nitrogen functional groups attached to an aromatic ring is 1. The zero-order valence-corrected chi connectivity index (χ0v) is 11.2. The number of hydrazine groups is 1. The lowest BCUT2D eigenvalue weighted by molar-refractivity contribution is 0.0361. The Balaban J connectivity index is 2.20. The van der Waals surface area contributed by atoms with Crippen LogP contribution in [0.5, 0.6) is 0 Å². The molecular weight excluding hydrogens is 268 g/mol. The van der Waals surface area contributed by atoms with Crippen molar-refractivity contribution in [3.63, 3.8) is 0 Å². The van der Waals surface area contributed by atoms with Crippen molar-refractivity contribution < 1.29 is 18.3 Å². The molecule has 0 aromatic heterocycles. The summed E-state index contributed by atoms with van der Waals surface area (Å²) in [5.41, 5.74) is 1.45. The van der Waals surface area contributed by atoms with E-state index in [0.717, 1.165) is 25.0 Å². The van der Waals surface area contributed by atoms with Crippen LogP contribution in [0.4, 0.5) is 14.5 Å². The molecule has 0 spiro atoms. The highest BCUT2D eigenvalue weighted by atomic mass is 19.1. The van der Waals surface area contributed by atoms with Crippen LogP contribution in [0.15, 0.2) is 12.1 Å². The van der Waals surface area contributed by atoms with Crippen LogP contribution in [-0.4, -0.2) is 37.1 Å². The largest absolute Gasteiger partial charge is 0.381 e. The van der Waals surface area contributed by atoms with Crippen LogP contribution < -0.4 is 11.3 Å². The van der Waals surface area contributed by atoms with E-state index in [1.54, 1.807) is 7.05 Å². The molecule has 0 saturated carbocycles. The molecule has 2 rings (SSSR count). The second-order valence-corrected chi connectivity index (χ2v) is 4.72. The molecule has 0 atom stereocenters. The van der Waals surface area contributed by atoms with Crippen LogP contribution in [0.2, 0.25) is 0 Å². The number of hydrogen-bond donors (Lipinski definition) is 2. The second kappa shape index (κ2) is 6.15. The Bertz CT molecular complexity index is 481. The Morgan fingerprint density at radius 2 is 1.90 bits per heavy atom. The third kappa shape index (κ3) is 2.88. The van der Waals surface area contributed by atoms with Crippen LogP contribution in [-0.2, 0) is 4.74 Å². The molecule has 110 valence electrons. The normalized spacial score (nSPS) is 16.0. The smallest absolute Gasteiger partial charge is 0.254 e. The summed E-state index contributed by atoms with van der Waals surface area (Å²) >= 11 is 0. The maximum Gasteiger partial charge on any atom is 0.254 e. The first-order valence-electron chi connectivity index (χ1n) is 6.35. The Labute approximate surface area is 115 Å². The molecule has 7 heteroatoms. The molecule has 1 fully saturated rings. The van der Waals surface area contributed by atoms with Crippen LogP contribution in [0.3, 0.4) is 0 Å². The van der Waals surface area contributed by atoms with Crippen molar-refractivity contribution in [1.29, 1.82) is 0 Å². The number of amides is 1. The van der Waals surface area contributed by atoms with E-state index >= 15 is 0 Å². The first kappa shape index (κ1) is 14.7. The maximum absolute atomic E-state index is 13.6. The van der Waals surface area contributed by atoms with Crippen LogP contribution in [0.25, 0.3) is 0 Å². The van der Waals surface area contributed by atoms with Crippen LogP contribution >= 0.6 is 0 Å². The van der Waals surface area contributed by atoms with Gasteiger partial charge in [0, 0.05) is 31.9 Å². The van der Waals surface area contributed by atoms with Crippen molar-refractivity contribution in [2.24, 2.45) is 5.84 Å². The second-order valence-electron chi connectivity index (χ2n) is 4.72. The molecule has 0 radical (unpaired) electrons. The predicted octanol–water partition coefficient (Wildman–Crippen LogP) is 1.50. The zero-order chi connectivity index (χ0) is 14.7. The summed E-state index contributed by atoms with van der Waals surface area (Å²) in [6, 6.07) is 1.99. The lowest BCUT2D eigenvalue weighted by atomic mass is 10.1. The van der Waals surface area contributed by atoms with Gasteiger partial charge in [-0.3, -0.25) is 10.6 Å². The van der Waals surface area contributed by atoms with Crippen molar-refractivity contribution in [1.82, 2.24) is 4.90 Å². The van der Waals surface area contributed by atoms with Crippen molar-refractivity contribution in [2.45, 2.75) is 18.9 Å². The minimum Gasteiger partial charge on any atom is -0.381 e. The van der Waals surface area contributed by atoms with Crippen molar-refractivity contribution in [2.75, 3.05) is 25.7 Å². The summed E-state index contributed by atoms with van der Waals surface area (Å²) < 4.78 is 32.4. The van der Waals surface area contributed by atoms with Gasteiger partial charge in [0.15, 0.2) is 11.6 Å². The van der Waals surface area contributed by atoms with Crippen molar-refractivity contribution >= 4 is 11.6 Å². The molecule has 1 aliphatic heterocycles. The average Bonchev–Trinajstić information content (AvgIpc) is 2.46. The molecule has 0 bridgehead atoms. The lowest BCUT2D eigenvalue weighted by Crippen LogP contribution is -2.40. The number of anilines is 1. The summed E-state index contributed by atoms with van der Waals surface area (Å²) in [4.78, 5) is 13.8. The fraction of sp³-hybridized carbons (Fsp3) is 0.462. The van der Waals surface area contributed by atoms with E-state index in [2.05, 4.69) is 0 Å². The summed E-state index contributed by atoms with van der Waals surface area (Å²) in [6.07, 6.45) is 1.44. The Morgan fingerprint density at radius 3 is 2.40 bits per heavy atom. The Kier molecular flexibility index (Phi) is 4.51. The standard InChI is InChI=1S/C13H17F2N3O2/c1-18(9-2-4-20-5-3-9)13(19)8-6-10(14)12(17-16)11(15)7-8/h6-7,9,17H,2-5,16H2,1H3. The highest BCUT2D eigenvalue weighted by Crippen LogP contribution is 2.22. The predicted molar refractivity (Wildman–Crippen MR) is 70.1 cm³/mol. The highest BCUT2D eigenvalue weighted by molar-refractivity contribution is 5.94. The van der Waals surface area contributed by atoms with Gasteiger partial charge in [0.25, 0.3) is 5.91 Å². The summed E-state index contributed by atoms with van der Waals surface area (Å²) in [6.45, 7) is 1.17. The van der Waals surface area contributed by atoms with Crippen LogP contribution in [0.1, 0.15) is 23.2 Å². The molecule has 1 aromatic carbocycles. The number of carbonyl (C=O) groups is 1. The zero-order valence-electron chi connectivity index (χ0n) is 11.2. The van der Waals surface area contributed by atoms with Gasteiger partial charge in [0.1, 0.15) is 5.69 Å². The molecule has 0 unspecified atom stereocenters. The average molecular weight is 285 g/mol. The first-order chi connectivity index (χ1) is 9.54. The van der Waals surface area contributed by atoms with E-state index < -0.39 is 23.2 Å². The number of benzene rings is 1. The number of nitrogens with one attached hydrogen (secondary N) is 1. The number of nitrogens with zero attached hydrogens (tertiary/aromatic N) is 1. The highest BCUT2D eigenvalue weighted by Gasteiger charge is 2.24. The summed E-state index contributed by atoms with van der Waals surface area (Å²) in [5, 5.41) is 0. The Morgan fingerprint density at radius 1 is 1.35 bits per heavy atom. The molecule has 5 nitrogen and oxygen atoms in total. The van der Waals surface area contributed by atoms with Gasteiger partial charge in [-0.1, -0.05) is 0 Å². The van der Waals surface area contributed by atoms with Gasteiger partial charge in [0.2, 0.25) is 0 Å². The molecule has 1 amide bonds. The molecule has 20 heavy (non-hydrogen) atoms. The minimum absolute atomic E-state index is 0.0229. The molecule has 0 aliphatic carbocycles. The van der Waals surface area contributed by atoms with E-state index in [1.165, 1.54) is 4.90 Å². The quantitative estimate of drug-likeness (QED) is 0.652. The molecule has 1 aromatic rings. The number of hydrogen-bond acceptors (Lipinski definition) is 4. The fourth-order valence-corrected chi connectivity index (χ4v) is 2.28. The molecule has 1 heterocycles. The van der Waals surface area contributed by atoms with Gasteiger partial charge < -0.3 is 15.1 Å². The van der Waals surface area contributed by atoms with Gasteiger partial charge in [0.05, 0.1) is 0 Å². The first-order valence-corrected chi connectivity index (χ1v) is 6.35. The number of rotatable bonds is 3. The monoisotopic (exact) mass is 285 g/mol. The SMILES string of the molecule is CN(C(=O)c1cc(F)c(NN)c(F)c1)C1CCOCC1. The van der Waals surface area contributed by atoms with Gasteiger partial charge in [-0.2, -0.15) is 0 Å². The number of nitrogens with two attached hydrogens (primary N) is 1. The van der Waals surface area contributed by atoms with Crippen LogP contribution in [0, 0.1) is 11.6 Å². The van der Waals surface area contributed by atoms with Gasteiger partial charge >= 0.3 is 0 Å². The van der Waals surface area contributed by atoms with E-state index in [4.69, 9.17) is 10.6 Å². The number of carbonyl (C=O) groups excluding carboxylic acids is 1. The molecule has 1 saturated heterocycles. The van der Waals surface area contributed by atoms with E-state index in [9.17, 15) is 13.6 Å². The summed E-state index contributed by atoms with van der Waals surface area (Å²) in [7, 11) is 1.63. The lowest BCUT2D eigenvalue weighted by Gasteiger charge is -2.31. The minimum atomic E-state index is -0.892. The van der Waals surface area contributed by atoms with Gasteiger partial charge in [-0.25, -0.2) is 8.78 Å². The van der Waals surface area contributed by atoms with E-state index in [-0.39, 0.29) is 11.6 Å². The third-order valence-electron chi connectivity index (χ3n) is 3.49. The summed E-state index contributed by atoms with van der Waals surface area (Å²) in [5.74, 6) is 2.81. The maximum atomic E-state index is 13.6. The number of ether oxygens (including phenoxy) is 1. The van der Waals surface area contributed by atoms with Gasteiger partial charge in [-0.05, 0) is 25.0 Å². The molecule has 3 N–H and O–H groups in total. The topological polar surface area (TPSA) is 67.6 Å². The van der Waals surface area contributed by atoms with Crippen molar-refractivity contribution in [3.05, 3.63) is 29.3 Å². The van der Waals surface area contributed by atoms with Gasteiger partial charge in [-0.15, -0.1) is 0 Å². The van der Waals surface area contributed by atoms with Crippen molar-refractivity contribution in [3.8, 4) is 0 Å². The van der Waals surface area contributed by atoms with E-state index in [0.29, 0.717) is 13.2 Å². The third-order valence-corrected chi connectivity index (χ3v) is 3.49. The van der Waals surface area contributed by atoms with E-state index in [1.807, 2.05) is 5.43 Å². The molecular formula is C13H17F2N3O2. The fourth-order valence-electron chi connectivity index (χ4n) is 2.28. The Hall–Kier alpha value is -1.73. The molecule has 1 aliphatic rings. The number of halogens is 2.